The Balaban J connectivity index is 2.35. The predicted octanol–water partition coefficient (Wildman–Crippen LogP) is 6.52. The average molecular weight is 449 g/mol. The standard InChI is InChI=1S/C23H22F3NO3S/c1-12(2)31-19-10-16-17(11-18(19)29-4)27-21(13(3)20(16)22(28)30-5)14-7-6-8-15(9-14)23(24,25)26/h6-12H,1-5H3. The van der Waals surface area contributed by atoms with Gasteiger partial charge in [-0.05, 0) is 30.7 Å². The smallest absolute Gasteiger partial charge is 0.416 e. The first-order valence-electron chi connectivity index (χ1n) is 9.51. The first-order valence-corrected chi connectivity index (χ1v) is 10.4. The van der Waals surface area contributed by atoms with Crippen molar-refractivity contribution in [1.82, 2.24) is 4.98 Å². The fraction of sp³-hybridized carbons (Fsp3) is 0.304. The molecule has 0 radical (unpaired) electrons. The zero-order valence-electron chi connectivity index (χ0n) is 17.8. The van der Waals surface area contributed by atoms with Crippen LogP contribution in [0.3, 0.4) is 0 Å². The van der Waals surface area contributed by atoms with E-state index in [0.29, 0.717) is 22.2 Å². The van der Waals surface area contributed by atoms with Crippen molar-refractivity contribution in [2.75, 3.05) is 14.2 Å². The van der Waals surface area contributed by atoms with Crippen LogP contribution in [0.25, 0.3) is 22.2 Å². The SMILES string of the molecule is COC(=O)c1c(C)c(-c2cccc(C(F)(F)F)c2)nc2cc(OC)c(SC(C)C)cc12. The Morgan fingerprint density at radius 1 is 1.13 bits per heavy atom. The largest absolute Gasteiger partial charge is 0.496 e. The topological polar surface area (TPSA) is 48.4 Å². The molecule has 0 N–H and O–H groups in total. The van der Waals surface area contributed by atoms with Crippen LogP contribution >= 0.6 is 11.8 Å². The van der Waals surface area contributed by atoms with E-state index in [-0.39, 0.29) is 22.1 Å². The lowest BCUT2D eigenvalue weighted by atomic mass is 9.96. The number of rotatable bonds is 5. The van der Waals surface area contributed by atoms with E-state index in [1.165, 1.54) is 26.4 Å². The molecule has 0 aliphatic rings. The molecule has 164 valence electrons. The van der Waals surface area contributed by atoms with Crippen molar-refractivity contribution in [1.29, 1.82) is 0 Å². The molecule has 4 nitrogen and oxygen atoms in total. The minimum absolute atomic E-state index is 0.263. The number of esters is 1. The van der Waals surface area contributed by atoms with Gasteiger partial charge in [-0.2, -0.15) is 13.2 Å². The second kappa shape index (κ2) is 8.78. The molecule has 3 rings (SSSR count). The van der Waals surface area contributed by atoms with E-state index in [1.54, 1.807) is 24.8 Å². The first-order chi connectivity index (χ1) is 14.6. The van der Waals surface area contributed by atoms with Crippen molar-refractivity contribution >= 4 is 28.6 Å². The number of halogens is 3. The molecule has 8 heteroatoms. The third kappa shape index (κ3) is 4.63. The van der Waals surface area contributed by atoms with Gasteiger partial charge in [0.1, 0.15) is 5.75 Å². The molecule has 0 aliphatic carbocycles. The van der Waals surface area contributed by atoms with Crippen molar-refractivity contribution in [3.63, 3.8) is 0 Å². The Morgan fingerprint density at radius 3 is 2.42 bits per heavy atom. The van der Waals surface area contributed by atoms with Gasteiger partial charge in [0.2, 0.25) is 0 Å². The summed E-state index contributed by atoms with van der Waals surface area (Å²) in [6.45, 7) is 5.74. The van der Waals surface area contributed by atoms with Crippen LogP contribution in [0.4, 0.5) is 13.2 Å². The molecule has 0 aliphatic heterocycles. The highest BCUT2D eigenvalue weighted by molar-refractivity contribution is 8.00. The van der Waals surface area contributed by atoms with E-state index < -0.39 is 17.7 Å². The number of aromatic nitrogens is 1. The molecule has 0 unspecified atom stereocenters. The quantitative estimate of drug-likeness (QED) is 0.328. The van der Waals surface area contributed by atoms with E-state index in [9.17, 15) is 18.0 Å². The van der Waals surface area contributed by atoms with Gasteiger partial charge in [0.05, 0.1) is 41.5 Å². The summed E-state index contributed by atoms with van der Waals surface area (Å²) in [5.41, 5.74) is 0.914. The number of pyridine rings is 1. The van der Waals surface area contributed by atoms with E-state index in [0.717, 1.165) is 17.0 Å². The highest BCUT2D eigenvalue weighted by Crippen LogP contribution is 2.39. The number of hydrogen-bond acceptors (Lipinski definition) is 5. The minimum atomic E-state index is -4.49. The molecule has 0 fully saturated rings. The van der Waals surface area contributed by atoms with Crippen molar-refractivity contribution in [3.8, 4) is 17.0 Å². The fourth-order valence-electron chi connectivity index (χ4n) is 3.36. The summed E-state index contributed by atoms with van der Waals surface area (Å²) >= 11 is 1.57. The Hall–Kier alpha value is -2.74. The molecule has 0 atom stereocenters. The third-order valence-electron chi connectivity index (χ3n) is 4.73. The molecule has 0 saturated heterocycles. The van der Waals surface area contributed by atoms with E-state index in [4.69, 9.17) is 9.47 Å². The molecular formula is C23H22F3NO3S. The van der Waals surface area contributed by atoms with Gasteiger partial charge in [0.25, 0.3) is 0 Å². The Labute approximate surface area is 182 Å². The van der Waals surface area contributed by atoms with Gasteiger partial charge in [-0.15, -0.1) is 11.8 Å². The predicted molar refractivity (Wildman–Crippen MR) is 116 cm³/mol. The van der Waals surface area contributed by atoms with Crippen molar-refractivity contribution in [3.05, 3.63) is 53.1 Å². The van der Waals surface area contributed by atoms with Gasteiger partial charge in [-0.25, -0.2) is 9.78 Å². The van der Waals surface area contributed by atoms with Crippen molar-refractivity contribution < 1.29 is 27.4 Å². The summed E-state index contributed by atoms with van der Waals surface area (Å²) in [6.07, 6.45) is -4.49. The summed E-state index contributed by atoms with van der Waals surface area (Å²) in [7, 11) is 2.81. The van der Waals surface area contributed by atoms with Crippen LogP contribution in [0.5, 0.6) is 5.75 Å². The molecule has 0 amide bonds. The van der Waals surface area contributed by atoms with Crippen LogP contribution in [0.15, 0.2) is 41.3 Å². The Bertz CT molecular complexity index is 1140. The lowest BCUT2D eigenvalue weighted by Crippen LogP contribution is -2.09. The molecule has 0 saturated carbocycles. The lowest BCUT2D eigenvalue weighted by molar-refractivity contribution is -0.137. The Kier molecular flexibility index (Phi) is 6.50. The second-order valence-corrected chi connectivity index (χ2v) is 8.84. The molecule has 31 heavy (non-hydrogen) atoms. The molecule has 1 heterocycles. The van der Waals surface area contributed by atoms with Gasteiger partial charge >= 0.3 is 12.1 Å². The Morgan fingerprint density at radius 2 is 1.84 bits per heavy atom. The summed E-state index contributed by atoms with van der Waals surface area (Å²) in [4.78, 5) is 18.1. The van der Waals surface area contributed by atoms with Crippen LogP contribution < -0.4 is 4.74 Å². The zero-order chi connectivity index (χ0) is 22.9. The van der Waals surface area contributed by atoms with Crippen molar-refractivity contribution in [2.24, 2.45) is 0 Å². The van der Waals surface area contributed by atoms with E-state index >= 15 is 0 Å². The van der Waals surface area contributed by atoms with Gasteiger partial charge in [0.15, 0.2) is 0 Å². The minimum Gasteiger partial charge on any atom is -0.496 e. The van der Waals surface area contributed by atoms with Gasteiger partial charge in [-0.1, -0.05) is 26.0 Å². The number of carbonyl (C=O) groups excluding carboxylic acids is 1. The lowest BCUT2D eigenvalue weighted by Gasteiger charge is -2.17. The van der Waals surface area contributed by atoms with E-state index in [2.05, 4.69) is 4.98 Å². The number of alkyl halides is 3. The van der Waals surface area contributed by atoms with Crippen LogP contribution in [0, 0.1) is 6.92 Å². The molecule has 0 spiro atoms. The van der Waals surface area contributed by atoms with Crippen LogP contribution in [-0.4, -0.2) is 30.4 Å². The van der Waals surface area contributed by atoms with Gasteiger partial charge in [0, 0.05) is 22.3 Å². The van der Waals surface area contributed by atoms with E-state index in [1.807, 2.05) is 19.9 Å². The number of hydrogen-bond donors (Lipinski definition) is 0. The number of methoxy groups -OCH3 is 2. The number of thioether (sulfide) groups is 1. The molecular weight excluding hydrogens is 427 g/mol. The number of benzene rings is 2. The number of carbonyl (C=O) groups is 1. The molecule has 2 aromatic carbocycles. The second-order valence-electron chi connectivity index (χ2n) is 7.22. The number of fused-ring (bicyclic) bond motifs is 1. The summed E-state index contributed by atoms with van der Waals surface area (Å²) in [5.74, 6) is -0.00264. The first kappa shape index (κ1) is 22.9. The third-order valence-corrected chi connectivity index (χ3v) is 5.77. The monoisotopic (exact) mass is 449 g/mol. The zero-order valence-corrected chi connectivity index (χ0v) is 18.6. The molecule has 1 aromatic heterocycles. The van der Waals surface area contributed by atoms with Crippen LogP contribution in [0.2, 0.25) is 0 Å². The summed E-state index contributed by atoms with van der Waals surface area (Å²) < 4.78 is 50.2. The van der Waals surface area contributed by atoms with Crippen molar-refractivity contribution in [2.45, 2.75) is 37.1 Å². The van der Waals surface area contributed by atoms with Crippen LogP contribution in [0.1, 0.15) is 35.3 Å². The summed E-state index contributed by atoms with van der Waals surface area (Å²) in [6, 6.07) is 8.41. The van der Waals surface area contributed by atoms with Crippen LogP contribution in [-0.2, 0) is 10.9 Å². The highest BCUT2D eigenvalue weighted by Gasteiger charge is 2.31. The molecule has 0 bridgehead atoms. The normalized spacial score (nSPS) is 11.8. The van der Waals surface area contributed by atoms with Gasteiger partial charge in [-0.3, -0.25) is 0 Å². The maximum atomic E-state index is 13.2. The highest BCUT2D eigenvalue weighted by atomic mass is 32.2. The van der Waals surface area contributed by atoms with Gasteiger partial charge < -0.3 is 9.47 Å². The fourth-order valence-corrected chi connectivity index (χ4v) is 4.31. The summed E-state index contributed by atoms with van der Waals surface area (Å²) in [5, 5.41) is 0.829. The molecule has 3 aromatic rings. The number of ether oxygens (including phenoxy) is 2. The maximum Gasteiger partial charge on any atom is 0.416 e. The average Bonchev–Trinajstić information content (AvgIpc) is 2.71. The number of nitrogens with zero attached hydrogens (tertiary/aromatic N) is 1. The maximum absolute atomic E-state index is 13.2.